The number of phenolic OH excluding ortho intramolecular Hbond substituents is 1. The van der Waals surface area contributed by atoms with Crippen molar-refractivity contribution in [3.05, 3.63) is 93.0 Å². The molecule has 0 aromatic heterocycles. The van der Waals surface area contributed by atoms with E-state index < -0.39 is 17.7 Å². The van der Waals surface area contributed by atoms with Crippen LogP contribution >= 0.6 is 23.2 Å². The number of ether oxygens (including phenoxy) is 1. The first kappa shape index (κ1) is 23.7. The molecule has 3 aromatic rings. The van der Waals surface area contributed by atoms with E-state index in [0.29, 0.717) is 34.2 Å². The number of carbonyl (C=O) groups excluding carboxylic acids is 2. The van der Waals surface area contributed by atoms with Gasteiger partial charge in [-0.3, -0.25) is 14.5 Å². The lowest BCUT2D eigenvalue weighted by Gasteiger charge is -2.26. The molecule has 0 saturated carbocycles. The number of aliphatic hydroxyl groups excluding tert-OH is 1. The van der Waals surface area contributed by atoms with Gasteiger partial charge >= 0.3 is 0 Å². The standard InChI is InChI=1S/C26H21Cl2NO5/c1-3-34-21-10-8-16(11-14(21)2)24(31)22-23(15-7-9-20(30)19(28)12-15)29(26(33)25(22)32)18-6-4-5-17(27)13-18/h4-13,23,30-31H,3H2,1-2H3/b24-22-. The van der Waals surface area contributed by atoms with E-state index in [4.69, 9.17) is 27.9 Å². The van der Waals surface area contributed by atoms with E-state index >= 15 is 0 Å². The number of ketones is 1. The summed E-state index contributed by atoms with van der Waals surface area (Å²) in [4.78, 5) is 27.7. The van der Waals surface area contributed by atoms with Crippen LogP contribution in [0.4, 0.5) is 5.69 Å². The number of aryl methyl sites for hydroxylation is 1. The van der Waals surface area contributed by atoms with Crippen LogP contribution in [-0.2, 0) is 9.59 Å². The maximum Gasteiger partial charge on any atom is 0.300 e. The molecule has 1 saturated heterocycles. The van der Waals surface area contributed by atoms with Gasteiger partial charge in [-0.05, 0) is 73.5 Å². The fraction of sp³-hybridized carbons (Fsp3) is 0.154. The second-order valence-electron chi connectivity index (χ2n) is 7.77. The molecule has 1 heterocycles. The predicted octanol–water partition coefficient (Wildman–Crippen LogP) is 6.03. The second-order valence-corrected chi connectivity index (χ2v) is 8.62. The average Bonchev–Trinajstić information content (AvgIpc) is 3.07. The first-order valence-electron chi connectivity index (χ1n) is 10.5. The molecule has 1 unspecified atom stereocenters. The SMILES string of the molecule is CCOc1ccc(/C(O)=C2/C(=O)C(=O)N(c3cccc(Cl)c3)C2c2ccc(O)c(Cl)c2)cc1C. The number of Topliss-reactive ketones (excluding diaryl/α,β-unsaturated/α-hetero) is 1. The van der Waals surface area contributed by atoms with Crippen molar-refractivity contribution in [1.82, 2.24) is 0 Å². The van der Waals surface area contributed by atoms with Crippen LogP contribution < -0.4 is 9.64 Å². The molecule has 8 heteroatoms. The summed E-state index contributed by atoms with van der Waals surface area (Å²) in [5, 5.41) is 21.6. The Morgan fingerprint density at radius 2 is 1.82 bits per heavy atom. The summed E-state index contributed by atoms with van der Waals surface area (Å²) in [7, 11) is 0. The molecule has 1 aliphatic rings. The number of hydrogen-bond donors (Lipinski definition) is 2. The Morgan fingerprint density at radius 1 is 1.06 bits per heavy atom. The first-order chi connectivity index (χ1) is 16.2. The number of amides is 1. The van der Waals surface area contributed by atoms with Crippen LogP contribution in [0.25, 0.3) is 5.76 Å². The molecule has 1 aliphatic heterocycles. The van der Waals surface area contributed by atoms with Gasteiger partial charge in [-0.15, -0.1) is 0 Å². The quantitative estimate of drug-likeness (QED) is 0.255. The van der Waals surface area contributed by atoms with E-state index in [1.807, 2.05) is 13.8 Å². The van der Waals surface area contributed by atoms with Gasteiger partial charge in [0.1, 0.15) is 17.3 Å². The van der Waals surface area contributed by atoms with Gasteiger partial charge in [0.15, 0.2) is 0 Å². The second kappa shape index (κ2) is 9.41. The molecule has 0 aliphatic carbocycles. The molecule has 1 amide bonds. The van der Waals surface area contributed by atoms with Crippen LogP contribution in [0.15, 0.2) is 66.2 Å². The number of phenols is 1. The van der Waals surface area contributed by atoms with Crippen LogP contribution in [0.1, 0.15) is 29.7 Å². The van der Waals surface area contributed by atoms with Crippen LogP contribution in [-0.4, -0.2) is 28.5 Å². The van der Waals surface area contributed by atoms with Gasteiger partial charge in [0.25, 0.3) is 11.7 Å². The van der Waals surface area contributed by atoms with Crippen LogP contribution in [0.3, 0.4) is 0 Å². The molecule has 0 radical (unpaired) electrons. The average molecular weight is 498 g/mol. The third kappa shape index (κ3) is 4.22. The highest BCUT2D eigenvalue weighted by atomic mass is 35.5. The van der Waals surface area contributed by atoms with Gasteiger partial charge < -0.3 is 14.9 Å². The van der Waals surface area contributed by atoms with Crippen molar-refractivity contribution in [2.45, 2.75) is 19.9 Å². The lowest BCUT2D eigenvalue weighted by molar-refractivity contribution is -0.132. The molecule has 174 valence electrons. The van der Waals surface area contributed by atoms with E-state index in [1.165, 1.54) is 17.0 Å². The van der Waals surface area contributed by atoms with E-state index in [1.54, 1.807) is 48.5 Å². The minimum absolute atomic E-state index is 0.0473. The molecule has 4 rings (SSSR count). The normalized spacial score (nSPS) is 17.3. The summed E-state index contributed by atoms with van der Waals surface area (Å²) in [6.07, 6.45) is 0. The molecule has 6 nitrogen and oxygen atoms in total. The third-order valence-electron chi connectivity index (χ3n) is 5.57. The highest BCUT2D eigenvalue weighted by Gasteiger charge is 2.47. The van der Waals surface area contributed by atoms with E-state index in [9.17, 15) is 19.8 Å². The highest BCUT2D eigenvalue weighted by molar-refractivity contribution is 6.52. The van der Waals surface area contributed by atoms with Crippen molar-refractivity contribution in [2.75, 3.05) is 11.5 Å². The fourth-order valence-electron chi connectivity index (χ4n) is 4.00. The summed E-state index contributed by atoms with van der Waals surface area (Å²) >= 11 is 12.3. The molecule has 0 spiro atoms. The molecule has 3 aromatic carbocycles. The number of aliphatic hydroxyl groups is 1. The summed E-state index contributed by atoms with van der Waals surface area (Å²) in [5.74, 6) is -1.49. The molecule has 0 bridgehead atoms. The molecule has 34 heavy (non-hydrogen) atoms. The number of hydrogen-bond acceptors (Lipinski definition) is 5. The largest absolute Gasteiger partial charge is 0.507 e. The van der Waals surface area contributed by atoms with Gasteiger partial charge in [0, 0.05) is 16.3 Å². The number of benzene rings is 3. The number of rotatable bonds is 5. The third-order valence-corrected chi connectivity index (χ3v) is 6.10. The van der Waals surface area contributed by atoms with Crippen LogP contribution in [0, 0.1) is 6.92 Å². The number of nitrogens with zero attached hydrogens (tertiary/aromatic N) is 1. The van der Waals surface area contributed by atoms with Gasteiger partial charge in [-0.25, -0.2) is 0 Å². The van der Waals surface area contributed by atoms with Crippen molar-refractivity contribution in [3.8, 4) is 11.5 Å². The van der Waals surface area contributed by atoms with E-state index in [0.717, 1.165) is 5.56 Å². The molecule has 1 atom stereocenters. The summed E-state index contributed by atoms with van der Waals surface area (Å²) in [6, 6.07) is 14.9. The van der Waals surface area contributed by atoms with Gasteiger partial charge in [-0.1, -0.05) is 35.3 Å². The number of anilines is 1. The molecular weight excluding hydrogens is 477 g/mol. The minimum atomic E-state index is -0.997. The van der Waals surface area contributed by atoms with Gasteiger partial charge in [0.2, 0.25) is 0 Å². The smallest absolute Gasteiger partial charge is 0.300 e. The summed E-state index contributed by atoms with van der Waals surface area (Å²) in [6.45, 7) is 4.18. The summed E-state index contributed by atoms with van der Waals surface area (Å²) < 4.78 is 5.56. The molecule has 2 N–H and O–H groups in total. The maximum atomic E-state index is 13.2. The van der Waals surface area contributed by atoms with E-state index in [2.05, 4.69) is 0 Å². The van der Waals surface area contributed by atoms with Gasteiger partial charge in [0.05, 0.1) is 23.2 Å². The minimum Gasteiger partial charge on any atom is -0.507 e. The van der Waals surface area contributed by atoms with Crippen molar-refractivity contribution >= 4 is 46.3 Å². The van der Waals surface area contributed by atoms with Crippen molar-refractivity contribution in [3.63, 3.8) is 0 Å². The topological polar surface area (TPSA) is 87.1 Å². The van der Waals surface area contributed by atoms with Crippen LogP contribution in [0.2, 0.25) is 10.0 Å². The Bertz CT molecular complexity index is 1330. The van der Waals surface area contributed by atoms with Gasteiger partial charge in [-0.2, -0.15) is 0 Å². The molecular formula is C26H21Cl2NO5. The number of carbonyl (C=O) groups is 2. The lowest BCUT2D eigenvalue weighted by Crippen LogP contribution is -2.29. The Balaban J connectivity index is 1.94. The highest BCUT2D eigenvalue weighted by Crippen LogP contribution is 2.44. The van der Waals surface area contributed by atoms with Crippen molar-refractivity contribution < 1.29 is 24.5 Å². The monoisotopic (exact) mass is 497 g/mol. The zero-order valence-corrected chi connectivity index (χ0v) is 19.9. The Hall–Kier alpha value is -3.48. The number of halogens is 2. The lowest BCUT2D eigenvalue weighted by atomic mass is 9.94. The van der Waals surface area contributed by atoms with E-state index in [-0.39, 0.29) is 22.1 Å². The molecule has 1 fully saturated rings. The van der Waals surface area contributed by atoms with Crippen molar-refractivity contribution in [2.24, 2.45) is 0 Å². The predicted molar refractivity (Wildman–Crippen MR) is 132 cm³/mol. The maximum absolute atomic E-state index is 13.2. The van der Waals surface area contributed by atoms with Crippen molar-refractivity contribution in [1.29, 1.82) is 0 Å². The van der Waals surface area contributed by atoms with Crippen LogP contribution in [0.5, 0.6) is 11.5 Å². The first-order valence-corrected chi connectivity index (χ1v) is 11.3. The summed E-state index contributed by atoms with van der Waals surface area (Å²) in [5.41, 5.74) is 1.84. The fourth-order valence-corrected chi connectivity index (χ4v) is 4.38. The Labute approximate surface area is 206 Å². The Kier molecular flexibility index (Phi) is 6.55. The zero-order valence-electron chi connectivity index (χ0n) is 18.4. The number of aromatic hydroxyl groups is 1. The Morgan fingerprint density at radius 3 is 2.47 bits per heavy atom. The zero-order chi connectivity index (χ0) is 24.6.